The Morgan fingerprint density at radius 2 is 2.05 bits per heavy atom. The normalized spacial score (nSPS) is 12.4. The minimum atomic E-state index is -0.545. The predicted octanol–water partition coefficient (Wildman–Crippen LogP) is 2.23. The maximum absolute atomic E-state index is 11.8. The third kappa shape index (κ3) is 8.52. The summed E-state index contributed by atoms with van der Waals surface area (Å²) in [5, 5.41) is 5.62. The molecular weight excluding hydrogens is 268 g/mol. The predicted molar refractivity (Wildman–Crippen MR) is 86.9 cm³/mol. The van der Waals surface area contributed by atoms with Crippen LogP contribution in [0.2, 0.25) is 0 Å². The summed E-state index contributed by atoms with van der Waals surface area (Å²) in [5.41, 5.74) is -0.545. The molecule has 0 aromatic carbocycles. The fraction of sp³-hybridized carbons (Fsp3) is 0.467. The van der Waals surface area contributed by atoms with Crippen molar-refractivity contribution in [2.45, 2.75) is 32.4 Å². The SMILES string of the molecule is C=CC(CN(C=C)C(=C)NC=NC)NC(=O)OC(C)(C)C. The van der Waals surface area contributed by atoms with E-state index in [9.17, 15) is 4.79 Å². The minimum absolute atomic E-state index is 0.310. The third-order valence-electron chi connectivity index (χ3n) is 2.31. The van der Waals surface area contributed by atoms with Crippen LogP contribution in [0.4, 0.5) is 4.79 Å². The Bertz CT molecular complexity index is 410. The molecule has 2 N–H and O–H groups in total. The quantitative estimate of drug-likeness (QED) is 0.409. The van der Waals surface area contributed by atoms with Crippen molar-refractivity contribution < 1.29 is 9.53 Å². The minimum Gasteiger partial charge on any atom is -0.444 e. The van der Waals surface area contributed by atoms with Gasteiger partial charge in [0.25, 0.3) is 0 Å². The van der Waals surface area contributed by atoms with Crippen LogP contribution in [0.15, 0.2) is 42.8 Å². The van der Waals surface area contributed by atoms with E-state index in [-0.39, 0.29) is 6.04 Å². The Morgan fingerprint density at radius 3 is 2.48 bits per heavy atom. The van der Waals surface area contributed by atoms with Gasteiger partial charge in [-0.2, -0.15) is 0 Å². The van der Waals surface area contributed by atoms with Crippen LogP contribution in [0.5, 0.6) is 0 Å². The second-order valence-corrected chi connectivity index (χ2v) is 5.30. The topological polar surface area (TPSA) is 66.0 Å². The summed E-state index contributed by atoms with van der Waals surface area (Å²) in [7, 11) is 1.65. The van der Waals surface area contributed by atoms with Crippen LogP contribution in [-0.4, -0.2) is 42.6 Å². The number of aliphatic imine (C=N–C) groups is 1. The van der Waals surface area contributed by atoms with E-state index in [0.29, 0.717) is 12.4 Å². The zero-order chi connectivity index (χ0) is 16.5. The molecule has 6 nitrogen and oxygen atoms in total. The van der Waals surface area contributed by atoms with Crippen molar-refractivity contribution in [1.29, 1.82) is 0 Å². The van der Waals surface area contributed by atoms with Crippen molar-refractivity contribution in [3.05, 3.63) is 37.8 Å². The van der Waals surface area contributed by atoms with E-state index in [1.165, 1.54) is 6.34 Å². The summed E-state index contributed by atoms with van der Waals surface area (Å²) in [5.74, 6) is 0.591. The zero-order valence-electron chi connectivity index (χ0n) is 13.3. The van der Waals surface area contributed by atoms with Gasteiger partial charge in [0.15, 0.2) is 0 Å². The van der Waals surface area contributed by atoms with Crippen LogP contribution < -0.4 is 10.6 Å². The van der Waals surface area contributed by atoms with Crippen LogP contribution >= 0.6 is 0 Å². The first-order valence-corrected chi connectivity index (χ1v) is 6.60. The first-order valence-electron chi connectivity index (χ1n) is 6.60. The second kappa shape index (κ2) is 8.84. The van der Waals surface area contributed by atoms with Gasteiger partial charge in [-0.1, -0.05) is 19.2 Å². The van der Waals surface area contributed by atoms with Crippen LogP contribution in [0.25, 0.3) is 0 Å². The molecule has 1 atom stereocenters. The molecule has 0 aliphatic rings. The standard InChI is InChI=1S/C15H26N4O2/c1-8-13(18-14(20)21-15(4,5)6)10-19(9-2)12(3)17-11-16-7/h8-9,11,13H,1-3,10H2,4-7H3,(H,16,17)(H,18,20). The lowest BCUT2D eigenvalue weighted by Gasteiger charge is -2.27. The van der Waals surface area contributed by atoms with Crippen molar-refractivity contribution in [1.82, 2.24) is 15.5 Å². The van der Waals surface area contributed by atoms with E-state index in [4.69, 9.17) is 4.74 Å². The molecule has 0 saturated heterocycles. The molecule has 1 unspecified atom stereocenters. The molecular formula is C15H26N4O2. The molecule has 0 bridgehead atoms. The monoisotopic (exact) mass is 294 g/mol. The molecule has 118 valence electrons. The smallest absolute Gasteiger partial charge is 0.408 e. The number of rotatable bonds is 8. The fourth-order valence-corrected chi connectivity index (χ4v) is 1.37. The van der Waals surface area contributed by atoms with Gasteiger partial charge in [-0.3, -0.25) is 4.99 Å². The molecule has 0 aromatic heterocycles. The number of carbonyl (C=O) groups is 1. The molecule has 0 aliphatic carbocycles. The first-order chi connectivity index (χ1) is 9.73. The van der Waals surface area contributed by atoms with E-state index in [1.807, 2.05) is 0 Å². The molecule has 0 radical (unpaired) electrons. The number of nitrogens with zero attached hydrogens (tertiary/aromatic N) is 2. The number of nitrogens with one attached hydrogen (secondary N) is 2. The fourth-order valence-electron chi connectivity index (χ4n) is 1.37. The van der Waals surface area contributed by atoms with Crippen LogP contribution in [0.1, 0.15) is 20.8 Å². The highest BCUT2D eigenvalue weighted by molar-refractivity contribution is 5.68. The molecule has 0 spiro atoms. The summed E-state index contributed by atoms with van der Waals surface area (Å²) in [6.07, 6.45) is 4.25. The van der Waals surface area contributed by atoms with Crippen molar-refractivity contribution in [3.8, 4) is 0 Å². The van der Waals surface area contributed by atoms with Gasteiger partial charge in [0.05, 0.1) is 12.4 Å². The van der Waals surface area contributed by atoms with Crippen molar-refractivity contribution >= 4 is 12.4 Å². The molecule has 6 heteroatoms. The molecule has 0 aliphatic heterocycles. The van der Waals surface area contributed by atoms with Crippen molar-refractivity contribution in [3.63, 3.8) is 0 Å². The van der Waals surface area contributed by atoms with Gasteiger partial charge in [0, 0.05) is 13.6 Å². The van der Waals surface area contributed by atoms with Gasteiger partial charge >= 0.3 is 6.09 Å². The van der Waals surface area contributed by atoms with E-state index in [0.717, 1.165) is 0 Å². The first kappa shape index (κ1) is 18.8. The maximum atomic E-state index is 11.8. The highest BCUT2D eigenvalue weighted by Crippen LogP contribution is 2.07. The highest BCUT2D eigenvalue weighted by atomic mass is 16.6. The Balaban J connectivity index is 4.59. The molecule has 0 heterocycles. The summed E-state index contributed by atoms with van der Waals surface area (Å²) >= 11 is 0. The molecule has 0 saturated carbocycles. The second-order valence-electron chi connectivity index (χ2n) is 5.30. The zero-order valence-corrected chi connectivity index (χ0v) is 13.3. The Morgan fingerprint density at radius 1 is 1.43 bits per heavy atom. The number of hydrogen-bond acceptors (Lipinski definition) is 4. The van der Waals surface area contributed by atoms with Gasteiger partial charge in [0.1, 0.15) is 11.4 Å². The van der Waals surface area contributed by atoms with Crippen LogP contribution in [-0.2, 0) is 4.74 Å². The average molecular weight is 294 g/mol. The van der Waals surface area contributed by atoms with E-state index in [1.54, 1.807) is 45.0 Å². The van der Waals surface area contributed by atoms with E-state index >= 15 is 0 Å². The average Bonchev–Trinajstić information content (AvgIpc) is 2.38. The summed E-state index contributed by atoms with van der Waals surface area (Å²) < 4.78 is 5.21. The van der Waals surface area contributed by atoms with Crippen LogP contribution in [0, 0.1) is 0 Å². The van der Waals surface area contributed by atoms with Gasteiger partial charge < -0.3 is 20.3 Å². The molecule has 0 rings (SSSR count). The van der Waals surface area contributed by atoms with Crippen LogP contribution in [0.3, 0.4) is 0 Å². The van der Waals surface area contributed by atoms with Gasteiger partial charge in [0.2, 0.25) is 0 Å². The lowest BCUT2D eigenvalue weighted by Crippen LogP contribution is -2.44. The molecule has 0 aromatic rings. The molecule has 21 heavy (non-hydrogen) atoms. The lowest BCUT2D eigenvalue weighted by atomic mass is 10.2. The lowest BCUT2D eigenvalue weighted by molar-refractivity contribution is 0.0510. The highest BCUT2D eigenvalue weighted by Gasteiger charge is 2.19. The summed E-state index contributed by atoms with van der Waals surface area (Å²) in [6.45, 7) is 17.1. The van der Waals surface area contributed by atoms with Gasteiger partial charge in [-0.25, -0.2) is 4.79 Å². The molecule has 1 amide bonds. The molecule has 0 fully saturated rings. The third-order valence-corrected chi connectivity index (χ3v) is 2.31. The Kier molecular flexibility index (Phi) is 7.89. The largest absolute Gasteiger partial charge is 0.444 e. The summed E-state index contributed by atoms with van der Waals surface area (Å²) in [6, 6.07) is -0.310. The van der Waals surface area contributed by atoms with Crippen molar-refractivity contribution in [2.24, 2.45) is 4.99 Å². The maximum Gasteiger partial charge on any atom is 0.408 e. The Labute approximate surface area is 127 Å². The van der Waals surface area contributed by atoms with Crippen molar-refractivity contribution in [2.75, 3.05) is 13.6 Å². The summed E-state index contributed by atoms with van der Waals surface area (Å²) in [4.78, 5) is 17.3. The Hall–Kier alpha value is -2.24. The number of alkyl carbamates (subject to hydrolysis) is 1. The number of amides is 1. The van der Waals surface area contributed by atoms with E-state index in [2.05, 4.69) is 35.4 Å². The number of carbonyl (C=O) groups excluding carboxylic acids is 1. The number of hydrogen-bond donors (Lipinski definition) is 2. The van der Waals surface area contributed by atoms with Gasteiger partial charge in [-0.05, 0) is 27.0 Å². The number of ether oxygens (including phenoxy) is 1. The van der Waals surface area contributed by atoms with Gasteiger partial charge in [-0.15, -0.1) is 6.58 Å². The van der Waals surface area contributed by atoms with E-state index < -0.39 is 11.7 Å².